The van der Waals surface area contributed by atoms with Crippen molar-refractivity contribution < 1.29 is 9.47 Å². The summed E-state index contributed by atoms with van der Waals surface area (Å²) < 4.78 is 11.0. The van der Waals surface area contributed by atoms with Crippen LogP contribution < -0.4 is 5.73 Å². The second-order valence-corrected chi connectivity index (χ2v) is 4.25. The first kappa shape index (κ1) is 10.4. The molecule has 1 atom stereocenters. The normalized spacial score (nSPS) is 35.6. The van der Waals surface area contributed by atoms with Crippen molar-refractivity contribution in [2.24, 2.45) is 5.73 Å². The lowest BCUT2D eigenvalue weighted by Gasteiger charge is -2.46. The highest BCUT2D eigenvalue weighted by Gasteiger charge is 2.35. The van der Waals surface area contributed by atoms with Gasteiger partial charge in [0.1, 0.15) is 0 Å². The molecule has 0 aromatic rings. The Morgan fingerprint density at radius 3 is 2.14 bits per heavy atom. The minimum atomic E-state index is 0.288. The van der Waals surface area contributed by atoms with E-state index in [1.807, 2.05) is 0 Å². The second kappa shape index (κ2) is 4.57. The van der Waals surface area contributed by atoms with E-state index in [1.54, 1.807) is 0 Å². The minimum absolute atomic E-state index is 0.288. The van der Waals surface area contributed by atoms with E-state index in [0.29, 0.717) is 12.1 Å². The van der Waals surface area contributed by atoms with Crippen molar-refractivity contribution in [2.45, 2.75) is 31.5 Å². The van der Waals surface area contributed by atoms with E-state index >= 15 is 0 Å². The van der Waals surface area contributed by atoms with E-state index in [2.05, 4.69) is 11.8 Å². The van der Waals surface area contributed by atoms with Crippen LogP contribution in [0.5, 0.6) is 0 Å². The highest BCUT2D eigenvalue weighted by molar-refractivity contribution is 4.88. The van der Waals surface area contributed by atoms with Crippen LogP contribution in [-0.4, -0.2) is 56.0 Å². The van der Waals surface area contributed by atoms with Gasteiger partial charge < -0.3 is 15.2 Å². The topological polar surface area (TPSA) is 47.7 Å². The van der Waals surface area contributed by atoms with Gasteiger partial charge in [-0.3, -0.25) is 4.90 Å². The molecule has 2 N–H and O–H groups in total. The van der Waals surface area contributed by atoms with Crippen LogP contribution in [0.4, 0.5) is 0 Å². The molecule has 2 heterocycles. The fourth-order valence-corrected chi connectivity index (χ4v) is 2.16. The molecule has 0 aromatic heterocycles. The van der Waals surface area contributed by atoms with E-state index in [1.165, 1.54) is 0 Å². The lowest BCUT2D eigenvalue weighted by Crippen LogP contribution is -2.61. The molecule has 2 aliphatic rings. The van der Waals surface area contributed by atoms with Crippen molar-refractivity contribution in [3.8, 4) is 0 Å². The molecular weight excluding hydrogens is 180 g/mol. The molecule has 2 fully saturated rings. The Balaban J connectivity index is 1.94. The fraction of sp³-hybridized carbons (Fsp3) is 1.00. The lowest BCUT2D eigenvalue weighted by molar-refractivity contribution is -0.138. The fourth-order valence-electron chi connectivity index (χ4n) is 2.16. The van der Waals surface area contributed by atoms with Crippen LogP contribution in [0, 0.1) is 0 Å². The average Bonchev–Trinajstić information content (AvgIpc) is 2.17. The Hall–Kier alpha value is -0.160. The Morgan fingerprint density at radius 1 is 1.21 bits per heavy atom. The van der Waals surface area contributed by atoms with Crippen LogP contribution in [0.15, 0.2) is 0 Å². The van der Waals surface area contributed by atoms with Gasteiger partial charge in [0.15, 0.2) is 0 Å². The van der Waals surface area contributed by atoms with Gasteiger partial charge in [-0.2, -0.15) is 0 Å². The van der Waals surface area contributed by atoms with Crippen molar-refractivity contribution in [3.63, 3.8) is 0 Å². The number of rotatable bonds is 3. The van der Waals surface area contributed by atoms with E-state index in [0.717, 1.165) is 39.4 Å². The summed E-state index contributed by atoms with van der Waals surface area (Å²) in [6, 6.07) is 1.15. The number of nitrogens with two attached hydrogens (primary N) is 1. The van der Waals surface area contributed by atoms with E-state index in [9.17, 15) is 0 Å². The summed E-state index contributed by atoms with van der Waals surface area (Å²) in [5.41, 5.74) is 5.98. The molecule has 82 valence electrons. The summed E-state index contributed by atoms with van der Waals surface area (Å²) in [4.78, 5) is 2.47. The summed E-state index contributed by atoms with van der Waals surface area (Å²) in [7, 11) is 0. The molecule has 4 heteroatoms. The molecule has 0 spiro atoms. The van der Waals surface area contributed by atoms with Crippen LogP contribution in [-0.2, 0) is 9.47 Å². The van der Waals surface area contributed by atoms with Gasteiger partial charge in [0.05, 0.1) is 38.5 Å². The van der Waals surface area contributed by atoms with Gasteiger partial charge >= 0.3 is 0 Å². The minimum Gasteiger partial charge on any atom is -0.378 e. The van der Waals surface area contributed by atoms with Gasteiger partial charge in [0.2, 0.25) is 0 Å². The van der Waals surface area contributed by atoms with Crippen molar-refractivity contribution in [3.05, 3.63) is 0 Å². The lowest BCUT2D eigenvalue weighted by atomic mass is 10.1. The van der Waals surface area contributed by atoms with Crippen LogP contribution in [0.2, 0.25) is 0 Å². The van der Waals surface area contributed by atoms with Crippen molar-refractivity contribution in [1.82, 2.24) is 4.90 Å². The third-order valence-corrected chi connectivity index (χ3v) is 3.15. The highest BCUT2D eigenvalue weighted by atomic mass is 16.5. The maximum Gasteiger partial charge on any atom is 0.0645 e. The van der Waals surface area contributed by atoms with Gasteiger partial charge in [-0.15, -0.1) is 0 Å². The molecule has 2 rings (SSSR count). The maximum atomic E-state index is 5.98. The molecule has 14 heavy (non-hydrogen) atoms. The Kier molecular flexibility index (Phi) is 3.38. The zero-order valence-corrected chi connectivity index (χ0v) is 8.82. The van der Waals surface area contributed by atoms with Crippen molar-refractivity contribution in [1.29, 1.82) is 0 Å². The summed E-state index contributed by atoms with van der Waals surface area (Å²) in [6.07, 6.45) is 1.04. The molecule has 0 aliphatic carbocycles. The second-order valence-electron chi connectivity index (χ2n) is 4.25. The molecule has 1 unspecified atom stereocenters. The van der Waals surface area contributed by atoms with Crippen LogP contribution in [0.25, 0.3) is 0 Å². The van der Waals surface area contributed by atoms with Crippen LogP contribution in [0.3, 0.4) is 0 Å². The SMILES string of the molecule is CCC(N)CN1C2COCC1COC2. The first-order valence-corrected chi connectivity index (χ1v) is 5.48. The summed E-state index contributed by atoms with van der Waals surface area (Å²) in [5, 5.41) is 0. The predicted octanol–water partition coefficient (Wildman–Crippen LogP) is -0.177. The van der Waals surface area contributed by atoms with E-state index < -0.39 is 0 Å². The van der Waals surface area contributed by atoms with Gasteiger partial charge in [-0.05, 0) is 6.42 Å². The number of hydrogen-bond acceptors (Lipinski definition) is 4. The van der Waals surface area contributed by atoms with Crippen LogP contribution >= 0.6 is 0 Å². The first-order valence-electron chi connectivity index (χ1n) is 5.48. The average molecular weight is 200 g/mol. The molecule has 2 saturated heterocycles. The summed E-state index contributed by atoms with van der Waals surface area (Å²) in [5.74, 6) is 0. The maximum absolute atomic E-state index is 5.98. The smallest absolute Gasteiger partial charge is 0.0645 e. The number of hydrogen-bond donors (Lipinski definition) is 1. The van der Waals surface area contributed by atoms with Gasteiger partial charge in [-0.1, -0.05) is 6.92 Å². The Labute approximate surface area is 85.3 Å². The van der Waals surface area contributed by atoms with Crippen LogP contribution in [0.1, 0.15) is 13.3 Å². The number of nitrogens with zero attached hydrogens (tertiary/aromatic N) is 1. The number of fused-ring (bicyclic) bond motifs is 2. The zero-order chi connectivity index (χ0) is 9.97. The quantitative estimate of drug-likeness (QED) is 0.687. The first-order chi connectivity index (χ1) is 6.81. The third kappa shape index (κ3) is 2.08. The predicted molar refractivity (Wildman–Crippen MR) is 54.2 cm³/mol. The Bertz CT molecular complexity index is 167. The summed E-state index contributed by atoms with van der Waals surface area (Å²) in [6.45, 7) is 6.32. The Morgan fingerprint density at radius 2 is 1.71 bits per heavy atom. The largest absolute Gasteiger partial charge is 0.378 e. The van der Waals surface area contributed by atoms with Gasteiger partial charge in [0.25, 0.3) is 0 Å². The zero-order valence-electron chi connectivity index (χ0n) is 8.82. The van der Waals surface area contributed by atoms with E-state index in [4.69, 9.17) is 15.2 Å². The van der Waals surface area contributed by atoms with Gasteiger partial charge in [0, 0.05) is 12.6 Å². The standard InChI is InChI=1S/C10H20N2O2/c1-2-8(11)3-12-9-4-13-6-10(12)7-14-5-9/h8-10H,2-7,11H2,1H3. The molecule has 0 amide bonds. The molecule has 2 bridgehead atoms. The molecule has 0 saturated carbocycles. The monoisotopic (exact) mass is 200 g/mol. The molecule has 0 aromatic carbocycles. The van der Waals surface area contributed by atoms with Crippen molar-refractivity contribution in [2.75, 3.05) is 33.0 Å². The van der Waals surface area contributed by atoms with E-state index in [-0.39, 0.29) is 6.04 Å². The summed E-state index contributed by atoms with van der Waals surface area (Å²) >= 11 is 0. The highest BCUT2D eigenvalue weighted by Crippen LogP contribution is 2.19. The molecule has 4 nitrogen and oxygen atoms in total. The number of morpholine rings is 2. The molecule has 0 radical (unpaired) electrons. The molecule has 2 aliphatic heterocycles. The van der Waals surface area contributed by atoms with Crippen molar-refractivity contribution >= 4 is 0 Å². The third-order valence-electron chi connectivity index (χ3n) is 3.15. The number of ether oxygens (including phenoxy) is 2. The molecular formula is C10H20N2O2. The van der Waals surface area contributed by atoms with Gasteiger partial charge in [-0.25, -0.2) is 0 Å².